The largest absolute Gasteiger partial charge is 0.322 e. The van der Waals surface area contributed by atoms with Gasteiger partial charge in [-0.15, -0.1) is 10.2 Å². The number of fused-ring (bicyclic) bond motifs is 1. The monoisotopic (exact) mass is 425 g/mol. The maximum Gasteiger partial charge on any atom is 0.322 e. The molecule has 1 aromatic carbocycles. The van der Waals surface area contributed by atoms with Crippen LogP contribution in [0, 0.1) is 0 Å². The smallest absolute Gasteiger partial charge is 0.313 e. The van der Waals surface area contributed by atoms with Crippen LogP contribution in [0.15, 0.2) is 36.7 Å². The first kappa shape index (κ1) is 19.1. The zero-order valence-electron chi connectivity index (χ0n) is 16.8. The van der Waals surface area contributed by atoms with E-state index in [1.807, 2.05) is 31.2 Å². The second-order valence-electron chi connectivity index (χ2n) is 7.97. The first-order valence-electron chi connectivity index (χ1n) is 10.4. The Kier molecular flexibility index (Phi) is 4.94. The minimum Gasteiger partial charge on any atom is -0.313 e. The number of hydrogen-bond donors (Lipinski definition) is 1. The summed E-state index contributed by atoms with van der Waals surface area (Å²) in [5.41, 5.74) is 1.38. The van der Waals surface area contributed by atoms with Gasteiger partial charge in [-0.3, -0.25) is 0 Å². The molecule has 156 valence electrons. The maximum atomic E-state index is 13.0. The molecule has 5 rings (SSSR count). The van der Waals surface area contributed by atoms with E-state index in [9.17, 15) is 4.79 Å². The van der Waals surface area contributed by atoms with E-state index in [0.29, 0.717) is 23.2 Å². The number of amides is 2. The van der Waals surface area contributed by atoms with Gasteiger partial charge in [0.05, 0.1) is 34.8 Å². The molecule has 3 heterocycles. The lowest BCUT2D eigenvalue weighted by atomic mass is 10.1. The summed E-state index contributed by atoms with van der Waals surface area (Å²) in [4.78, 5) is 14.8. The molecule has 30 heavy (non-hydrogen) atoms. The number of halogens is 1. The van der Waals surface area contributed by atoms with Crippen molar-refractivity contribution in [2.45, 2.75) is 51.1 Å². The molecule has 1 aliphatic carbocycles. The molecule has 3 aromatic rings. The van der Waals surface area contributed by atoms with Gasteiger partial charge in [-0.2, -0.15) is 5.10 Å². The first-order valence-corrected chi connectivity index (χ1v) is 10.8. The van der Waals surface area contributed by atoms with Gasteiger partial charge in [-0.25, -0.2) is 9.48 Å². The van der Waals surface area contributed by atoms with Crippen LogP contribution in [0.25, 0.3) is 5.69 Å². The van der Waals surface area contributed by atoms with Gasteiger partial charge in [0.25, 0.3) is 0 Å². The summed E-state index contributed by atoms with van der Waals surface area (Å²) < 4.78 is 3.88. The Labute approximate surface area is 179 Å². The summed E-state index contributed by atoms with van der Waals surface area (Å²) in [5.74, 6) is 2.47. The van der Waals surface area contributed by atoms with Crippen LogP contribution in [0.3, 0.4) is 0 Å². The lowest BCUT2D eigenvalue weighted by Gasteiger charge is -2.34. The summed E-state index contributed by atoms with van der Waals surface area (Å²) >= 11 is 6.24. The Morgan fingerprint density at radius 2 is 1.90 bits per heavy atom. The normalized spacial score (nSPS) is 19.1. The molecule has 0 radical (unpaired) electrons. The predicted molar refractivity (Wildman–Crippen MR) is 114 cm³/mol. The van der Waals surface area contributed by atoms with Crippen LogP contribution in [0.1, 0.15) is 56.2 Å². The topological polar surface area (TPSA) is 80.9 Å². The van der Waals surface area contributed by atoms with Gasteiger partial charge >= 0.3 is 6.03 Å². The molecule has 1 aliphatic heterocycles. The van der Waals surface area contributed by atoms with Gasteiger partial charge < -0.3 is 14.8 Å². The highest BCUT2D eigenvalue weighted by atomic mass is 35.5. The third-order valence-electron chi connectivity index (χ3n) is 6.13. The average Bonchev–Trinajstić information content (AvgIpc) is 3.49. The molecule has 1 atom stereocenters. The predicted octanol–water partition coefficient (Wildman–Crippen LogP) is 4.38. The van der Waals surface area contributed by atoms with Gasteiger partial charge in [0.2, 0.25) is 0 Å². The van der Waals surface area contributed by atoms with Crippen molar-refractivity contribution in [2.75, 3.05) is 11.9 Å². The molecule has 1 unspecified atom stereocenters. The van der Waals surface area contributed by atoms with Crippen LogP contribution in [0.4, 0.5) is 10.5 Å². The molecule has 1 N–H and O–H groups in total. The van der Waals surface area contributed by atoms with Gasteiger partial charge in [-0.1, -0.05) is 36.6 Å². The molecule has 0 spiro atoms. The minimum atomic E-state index is -0.169. The highest BCUT2D eigenvalue weighted by Gasteiger charge is 2.33. The maximum absolute atomic E-state index is 13.0. The number of hydrogen-bond acceptors (Lipinski definition) is 4. The average molecular weight is 426 g/mol. The summed E-state index contributed by atoms with van der Waals surface area (Å²) in [6.45, 7) is 3.35. The number of nitrogens with one attached hydrogen (secondary N) is 1. The highest BCUT2D eigenvalue weighted by molar-refractivity contribution is 6.32. The van der Waals surface area contributed by atoms with Gasteiger partial charge in [0.1, 0.15) is 5.82 Å². The van der Waals surface area contributed by atoms with E-state index >= 15 is 0 Å². The van der Waals surface area contributed by atoms with E-state index in [1.54, 1.807) is 22.0 Å². The summed E-state index contributed by atoms with van der Waals surface area (Å²) in [6.07, 6.45) is 8.28. The quantitative estimate of drug-likeness (QED) is 0.675. The van der Waals surface area contributed by atoms with Crippen LogP contribution in [-0.4, -0.2) is 42.0 Å². The van der Waals surface area contributed by atoms with E-state index in [1.165, 1.54) is 25.7 Å². The number of benzene rings is 1. The van der Waals surface area contributed by atoms with Crippen LogP contribution in [0.2, 0.25) is 5.02 Å². The summed E-state index contributed by atoms with van der Waals surface area (Å²) in [5, 5.41) is 16.8. The molecular formula is C21H24ClN7O. The van der Waals surface area contributed by atoms with Crippen molar-refractivity contribution < 1.29 is 4.79 Å². The van der Waals surface area contributed by atoms with Crippen molar-refractivity contribution in [2.24, 2.45) is 0 Å². The molecule has 1 fully saturated rings. The van der Waals surface area contributed by atoms with Gasteiger partial charge in [0.15, 0.2) is 5.82 Å². The molecule has 9 heteroatoms. The van der Waals surface area contributed by atoms with Crippen molar-refractivity contribution in [1.29, 1.82) is 0 Å². The fraction of sp³-hybridized carbons (Fsp3) is 0.429. The SMILES string of the molecule is CC1c2nnc(C3CCCC3)n2CCN1C(=O)Nc1cnn(-c2ccccc2Cl)c1. The summed E-state index contributed by atoms with van der Waals surface area (Å²) in [7, 11) is 0. The first-order chi connectivity index (χ1) is 14.6. The summed E-state index contributed by atoms with van der Waals surface area (Å²) in [6, 6.07) is 7.14. The van der Waals surface area contributed by atoms with Gasteiger partial charge in [0, 0.05) is 19.0 Å². The van der Waals surface area contributed by atoms with Crippen LogP contribution >= 0.6 is 11.6 Å². The lowest BCUT2D eigenvalue weighted by Crippen LogP contribution is -2.43. The van der Waals surface area contributed by atoms with Gasteiger partial charge in [-0.05, 0) is 31.9 Å². The zero-order chi connectivity index (χ0) is 20.7. The van der Waals surface area contributed by atoms with Crippen molar-refractivity contribution in [3.8, 4) is 5.69 Å². The number of aromatic nitrogens is 5. The minimum absolute atomic E-state index is 0.139. The number of rotatable bonds is 3. The number of urea groups is 1. The van der Waals surface area contributed by atoms with E-state index in [4.69, 9.17) is 11.6 Å². The number of anilines is 1. The molecule has 2 amide bonds. The molecule has 0 saturated heterocycles. The molecule has 8 nitrogen and oxygen atoms in total. The standard InChI is InChI=1S/C21H24ClN7O/c1-14-19-25-26-20(15-6-2-3-7-15)28(19)11-10-27(14)21(30)24-16-12-23-29(13-16)18-9-5-4-8-17(18)22/h4-5,8-9,12-15H,2-3,6-7,10-11H2,1H3,(H,24,30). The van der Waals surface area contributed by atoms with E-state index in [-0.39, 0.29) is 12.1 Å². The molecule has 0 bridgehead atoms. The van der Waals surface area contributed by atoms with E-state index < -0.39 is 0 Å². The second-order valence-corrected chi connectivity index (χ2v) is 8.38. The third-order valence-corrected chi connectivity index (χ3v) is 6.45. The van der Waals surface area contributed by atoms with E-state index in [2.05, 4.69) is 25.2 Å². The second kappa shape index (κ2) is 7.75. The van der Waals surface area contributed by atoms with Crippen LogP contribution in [0.5, 0.6) is 0 Å². The Morgan fingerprint density at radius 3 is 2.70 bits per heavy atom. The fourth-order valence-corrected chi connectivity index (χ4v) is 4.74. The van der Waals surface area contributed by atoms with Crippen LogP contribution in [-0.2, 0) is 6.54 Å². The van der Waals surface area contributed by atoms with Crippen LogP contribution < -0.4 is 5.32 Å². The molecule has 1 saturated carbocycles. The number of para-hydroxylation sites is 1. The molecular weight excluding hydrogens is 402 g/mol. The van der Waals surface area contributed by atoms with E-state index in [0.717, 1.165) is 23.9 Å². The zero-order valence-corrected chi connectivity index (χ0v) is 17.6. The van der Waals surface area contributed by atoms with Crippen molar-refractivity contribution in [3.63, 3.8) is 0 Å². The molecule has 2 aliphatic rings. The Balaban J connectivity index is 1.30. The molecule has 2 aromatic heterocycles. The third kappa shape index (κ3) is 3.35. The Morgan fingerprint density at radius 1 is 1.13 bits per heavy atom. The fourth-order valence-electron chi connectivity index (χ4n) is 4.52. The number of carbonyl (C=O) groups is 1. The Bertz CT molecular complexity index is 1070. The van der Waals surface area contributed by atoms with Crippen molar-refractivity contribution in [1.82, 2.24) is 29.4 Å². The Hall–Kier alpha value is -2.87. The number of carbonyl (C=O) groups excluding carboxylic acids is 1. The van der Waals surface area contributed by atoms with Crippen molar-refractivity contribution in [3.05, 3.63) is 53.3 Å². The lowest BCUT2D eigenvalue weighted by molar-refractivity contribution is 0.171. The van der Waals surface area contributed by atoms with Crippen molar-refractivity contribution >= 4 is 23.3 Å². The number of nitrogens with zero attached hydrogens (tertiary/aromatic N) is 6. The highest BCUT2D eigenvalue weighted by Crippen LogP contribution is 2.35.